The van der Waals surface area contributed by atoms with Crippen LogP contribution in [0.1, 0.15) is 39.2 Å². The van der Waals surface area contributed by atoms with Crippen molar-refractivity contribution >= 4 is 5.91 Å². The molecular formula is C15H24N2O2. The highest BCUT2D eigenvalue weighted by atomic mass is 16.3. The lowest BCUT2D eigenvalue weighted by atomic mass is 9.93. The Morgan fingerprint density at radius 3 is 2.63 bits per heavy atom. The van der Waals surface area contributed by atoms with Crippen LogP contribution < -0.4 is 5.32 Å². The summed E-state index contributed by atoms with van der Waals surface area (Å²) in [5, 5.41) is 3.52. The molecule has 0 aromatic carbocycles. The van der Waals surface area contributed by atoms with E-state index >= 15 is 0 Å². The number of nitrogens with one attached hydrogen (secondary N) is 1. The molecule has 1 aromatic rings. The molecule has 0 spiro atoms. The smallest absolute Gasteiger partial charge is 0.227 e. The highest BCUT2D eigenvalue weighted by Crippen LogP contribution is 2.21. The molecule has 1 aliphatic rings. The minimum Gasteiger partial charge on any atom is -0.472 e. The Morgan fingerprint density at radius 1 is 1.42 bits per heavy atom. The molecule has 2 heterocycles. The van der Waals surface area contributed by atoms with Crippen molar-refractivity contribution in [1.82, 2.24) is 10.2 Å². The van der Waals surface area contributed by atoms with Crippen LogP contribution in [0.15, 0.2) is 23.0 Å². The molecule has 1 aromatic heterocycles. The molecule has 2 rings (SSSR count). The second kappa shape index (κ2) is 5.78. The monoisotopic (exact) mass is 264 g/mol. The zero-order valence-electron chi connectivity index (χ0n) is 12.1. The van der Waals surface area contributed by atoms with Crippen LogP contribution in [-0.2, 0) is 11.3 Å². The van der Waals surface area contributed by atoms with Crippen molar-refractivity contribution in [2.75, 3.05) is 13.1 Å². The van der Waals surface area contributed by atoms with Crippen LogP contribution in [0.5, 0.6) is 0 Å². The summed E-state index contributed by atoms with van der Waals surface area (Å²) >= 11 is 0. The maximum Gasteiger partial charge on any atom is 0.227 e. The van der Waals surface area contributed by atoms with Gasteiger partial charge in [-0.05, 0) is 18.9 Å². The first kappa shape index (κ1) is 14.1. The number of likely N-dealkylation sites (tertiary alicyclic amines) is 1. The molecule has 4 heteroatoms. The Bertz CT molecular complexity index is 398. The highest BCUT2D eigenvalue weighted by Gasteiger charge is 2.30. The third-order valence-electron chi connectivity index (χ3n) is 3.60. The normalized spacial score (nSPS) is 17.7. The second-order valence-corrected chi connectivity index (χ2v) is 6.33. The lowest BCUT2D eigenvalue weighted by Gasteiger charge is -2.36. The fourth-order valence-corrected chi connectivity index (χ4v) is 2.42. The van der Waals surface area contributed by atoms with Crippen LogP contribution in [0.2, 0.25) is 0 Å². The quantitative estimate of drug-likeness (QED) is 0.912. The Morgan fingerprint density at radius 2 is 2.11 bits per heavy atom. The molecular weight excluding hydrogens is 240 g/mol. The van der Waals surface area contributed by atoms with Gasteiger partial charge >= 0.3 is 0 Å². The maximum atomic E-state index is 12.2. The molecule has 1 fully saturated rings. The first-order valence-corrected chi connectivity index (χ1v) is 7.00. The van der Waals surface area contributed by atoms with Gasteiger partial charge in [-0.2, -0.15) is 0 Å². The maximum absolute atomic E-state index is 12.2. The predicted octanol–water partition coefficient (Wildman–Crippen LogP) is 2.41. The van der Waals surface area contributed by atoms with Gasteiger partial charge in [-0.1, -0.05) is 20.8 Å². The van der Waals surface area contributed by atoms with E-state index in [-0.39, 0.29) is 11.3 Å². The van der Waals surface area contributed by atoms with Gasteiger partial charge in [-0.25, -0.2) is 0 Å². The average molecular weight is 264 g/mol. The summed E-state index contributed by atoms with van der Waals surface area (Å²) in [4.78, 5) is 14.2. The number of carbonyl (C=O) groups is 1. The minimum atomic E-state index is -0.267. The number of hydrogen-bond acceptors (Lipinski definition) is 3. The molecule has 1 N–H and O–H groups in total. The van der Waals surface area contributed by atoms with Gasteiger partial charge in [0.2, 0.25) is 5.91 Å². The summed E-state index contributed by atoms with van der Waals surface area (Å²) in [6.45, 7) is 8.52. The van der Waals surface area contributed by atoms with Crippen molar-refractivity contribution in [2.45, 2.75) is 46.2 Å². The molecule has 0 bridgehead atoms. The van der Waals surface area contributed by atoms with Crippen LogP contribution in [0.4, 0.5) is 0 Å². The summed E-state index contributed by atoms with van der Waals surface area (Å²) in [7, 11) is 0. The molecule has 4 nitrogen and oxygen atoms in total. The molecule has 1 aliphatic heterocycles. The van der Waals surface area contributed by atoms with E-state index in [9.17, 15) is 4.79 Å². The van der Waals surface area contributed by atoms with Crippen LogP contribution in [0.25, 0.3) is 0 Å². The van der Waals surface area contributed by atoms with Gasteiger partial charge in [0.15, 0.2) is 0 Å². The average Bonchev–Trinajstić information content (AvgIpc) is 2.88. The molecule has 1 saturated heterocycles. The highest BCUT2D eigenvalue weighted by molar-refractivity contribution is 5.81. The lowest BCUT2D eigenvalue weighted by Crippen LogP contribution is -2.48. The van der Waals surface area contributed by atoms with Crippen molar-refractivity contribution in [3.05, 3.63) is 24.2 Å². The van der Waals surface area contributed by atoms with Gasteiger partial charge in [-0.15, -0.1) is 0 Å². The number of hydrogen-bond donors (Lipinski definition) is 1. The van der Waals surface area contributed by atoms with Gasteiger partial charge in [0.25, 0.3) is 0 Å². The van der Waals surface area contributed by atoms with Crippen LogP contribution >= 0.6 is 0 Å². The second-order valence-electron chi connectivity index (χ2n) is 6.33. The van der Waals surface area contributed by atoms with Gasteiger partial charge in [0, 0.05) is 36.7 Å². The van der Waals surface area contributed by atoms with Crippen LogP contribution in [-0.4, -0.2) is 29.9 Å². The molecule has 106 valence electrons. The third-order valence-corrected chi connectivity index (χ3v) is 3.60. The van der Waals surface area contributed by atoms with Crippen molar-refractivity contribution < 1.29 is 9.21 Å². The molecule has 0 aliphatic carbocycles. The summed E-state index contributed by atoms with van der Waals surface area (Å²) in [5.41, 5.74) is 0.907. The van der Waals surface area contributed by atoms with E-state index in [1.165, 1.54) is 5.56 Å². The Labute approximate surface area is 115 Å². The number of piperidine rings is 1. The molecule has 0 saturated carbocycles. The number of rotatable bonds is 3. The molecule has 19 heavy (non-hydrogen) atoms. The topological polar surface area (TPSA) is 45.5 Å². The molecule has 0 radical (unpaired) electrons. The molecule has 1 amide bonds. The molecule has 0 unspecified atom stereocenters. The molecule has 0 atom stereocenters. The fourth-order valence-electron chi connectivity index (χ4n) is 2.42. The van der Waals surface area contributed by atoms with Gasteiger partial charge in [-0.3, -0.25) is 4.79 Å². The number of amides is 1. The predicted molar refractivity (Wildman–Crippen MR) is 74.6 cm³/mol. The first-order valence-electron chi connectivity index (χ1n) is 7.00. The number of furan rings is 1. The third kappa shape index (κ3) is 3.83. The largest absolute Gasteiger partial charge is 0.472 e. The summed E-state index contributed by atoms with van der Waals surface area (Å²) < 4.78 is 5.05. The van der Waals surface area contributed by atoms with Crippen molar-refractivity contribution in [3.63, 3.8) is 0 Å². The first-order chi connectivity index (χ1) is 8.97. The van der Waals surface area contributed by atoms with Gasteiger partial charge in [0.1, 0.15) is 0 Å². The van der Waals surface area contributed by atoms with E-state index in [1.807, 2.05) is 31.7 Å². The van der Waals surface area contributed by atoms with E-state index in [4.69, 9.17) is 4.42 Å². The van der Waals surface area contributed by atoms with E-state index in [2.05, 4.69) is 5.32 Å². The zero-order chi connectivity index (χ0) is 13.9. The number of carbonyl (C=O) groups excluding carboxylic acids is 1. The van der Waals surface area contributed by atoms with Gasteiger partial charge in [0.05, 0.1) is 12.5 Å². The summed E-state index contributed by atoms with van der Waals surface area (Å²) in [6, 6.07) is 2.48. The summed E-state index contributed by atoms with van der Waals surface area (Å²) in [5.74, 6) is 0.265. The van der Waals surface area contributed by atoms with E-state index in [0.29, 0.717) is 6.04 Å². The van der Waals surface area contributed by atoms with E-state index in [0.717, 1.165) is 32.5 Å². The lowest BCUT2D eigenvalue weighted by molar-refractivity contribution is -0.140. The van der Waals surface area contributed by atoms with Crippen LogP contribution in [0.3, 0.4) is 0 Å². The van der Waals surface area contributed by atoms with Crippen molar-refractivity contribution in [2.24, 2.45) is 5.41 Å². The van der Waals surface area contributed by atoms with Crippen LogP contribution in [0, 0.1) is 5.41 Å². The standard InChI is InChI=1S/C15H24N2O2/c1-15(2,3)14(18)17-7-4-13(5-8-17)16-10-12-6-9-19-11-12/h6,9,11,13,16H,4-5,7-8,10H2,1-3H3. The van der Waals surface area contributed by atoms with E-state index in [1.54, 1.807) is 12.5 Å². The SMILES string of the molecule is CC(C)(C)C(=O)N1CCC(NCc2ccoc2)CC1. The Balaban J connectivity index is 1.75. The van der Waals surface area contributed by atoms with E-state index < -0.39 is 0 Å². The van der Waals surface area contributed by atoms with Gasteiger partial charge < -0.3 is 14.6 Å². The number of nitrogens with zero attached hydrogens (tertiary/aromatic N) is 1. The Hall–Kier alpha value is -1.29. The zero-order valence-corrected chi connectivity index (χ0v) is 12.1. The van der Waals surface area contributed by atoms with Crippen molar-refractivity contribution in [3.8, 4) is 0 Å². The minimum absolute atomic E-state index is 0.265. The Kier molecular flexibility index (Phi) is 4.30. The van der Waals surface area contributed by atoms with Crippen molar-refractivity contribution in [1.29, 1.82) is 0 Å². The fraction of sp³-hybridized carbons (Fsp3) is 0.667. The summed E-state index contributed by atoms with van der Waals surface area (Å²) in [6.07, 6.45) is 5.52.